The fraction of sp³-hybridized carbons (Fsp3) is 0.556. The molecule has 122 valence electrons. The smallest absolute Gasteiger partial charge is 0.176 e. The molecule has 1 N–H and O–H groups in total. The molecule has 0 aliphatic rings. The van der Waals surface area contributed by atoms with Gasteiger partial charge in [-0.25, -0.2) is 0 Å². The second-order valence-corrected chi connectivity index (χ2v) is 5.50. The second kappa shape index (κ2) is 8.81. The molecule has 0 fully saturated rings. The number of nitrogens with zero attached hydrogens (tertiary/aromatic N) is 1. The van der Waals surface area contributed by atoms with Gasteiger partial charge in [0.05, 0.1) is 13.7 Å². The van der Waals surface area contributed by atoms with E-state index in [4.69, 9.17) is 9.15 Å². The van der Waals surface area contributed by atoms with E-state index in [-0.39, 0.29) is 0 Å². The van der Waals surface area contributed by atoms with Crippen LogP contribution in [0.15, 0.2) is 28.7 Å². The number of furan rings is 1. The molecule has 0 bridgehead atoms. The van der Waals surface area contributed by atoms with E-state index < -0.39 is 0 Å². The molecule has 2 aromatic rings. The first-order chi connectivity index (χ1) is 10.8. The van der Waals surface area contributed by atoms with Gasteiger partial charge in [-0.1, -0.05) is 26.0 Å². The van der Waals surface area contributed by atoms with Crippen LogP contribution in [0, 0.1) is 0 Å². The van der Waals surface area contributed by atoms with Crippen LogP contribution < -0.4 is 10.1 Å². The SMILES string of the molecule is CCN(CC)CCCCNCc1cc2cccc(OC)c2o1. The van der Waals surface area contributed by atoms with E-state index in [0.29, 0.717) is 0 Å². The fourth-order valence-corrected chi connectivity index (χ4v) is 2.67. The highest BCUT2D eigenvalue weighted by Gasteiger charge is 2.08. The van der Waals surface area contributed by atoms with Crippen molar-refractivity contribution < 1.29 is 9.15 Å². The molecule has 1 aromatic heterocycles. The van der Waals surface area contributed by atoms with Crippen molar-refractivity contribution in [2.24, 2.45) is 0 Å². The largest absolute Gasteiger partial charge is 0.493 e. The van der Waals surface area contributed by atoms with Gasteiger partial charge in [-0.05, 0) is 51.2 Å². The zero-order chi connectivity index (χ0) is 15.8. The first-order valence-electron chi connectivity index (χ1n) is 8.27. The number of rotatable bonds is 10. The van der Waals surface area contributed by atoms with Gasteiger partial charge in [-0.15, -0.1) is 0 Å². The number of unbranched alkanes of at least 4 members (excludes halogenated alkanes) is 1. The van der Waals surface area contributed by atoms with Crippen molar-refractivity contribution in [3.63, 3.8) is 0 Å². The van der Waals surface area contributed by atoms with Crippen LogP contribution in [0.4, 0.5) is 0 Å². The number of ether oxygens (including phenoxy) is 1. The minimum atomic E-state index is 0.767. The van der Waals surface area contributed by atoms with Gasteiger partial charge in [-0.2, -0.15) is 0 Å². The molecule has 1 aromatic carbocycles. The number of hydrogen-bond donors (Lipinski definition) is 1. The molecule has 2 rings (SSSR count). The van der Waals surface area contributed by atoms with E-state index in [0.717, 1.165) is 48.7 Å². The summed E-state index contributed by atoms with van der Waals surface area (Å²) in [6.07, 6.45) is 2.43. The van der Waals surface area contributed by atoms with Crippen LogP contribution in [0.3, 0.4) is 0 Å². The normalized spacial score (nSPS) is 11.5. The summed E-state index contributed by atoms with van der Waals surface area (Å²) in [4.78, 5) is 2.46. The van der Waals surface area contributed by atoms with Crippen molar-refractivity contribution >= 4 is 11.0 Å². The minimum absolute atomic E-state index is 0.767. The molecule has 0 saturated carbocycles. The zero-order valence-corrected chi connectivity index (χ0v) is 14.0. The number of nitrogens with one attached hydrogen (secondary N) is 1. The Morgan fingerprint density at radius 3 is 2.73 bits per heavy atom. The van der Waals surface area contributed by atoms with Gasteiger partial charge in [0, 0.05) is 5.39 Å². The van der Waals surface area contributed by atoms with E-state index in [1.807, 2.05) is 12.1 Å². The van der Waals surface area contributed by atoms with Crippen LogP contribution in [0.5, 0.6) is 5.75 Å². The highest BCUT2D eigenvalue weighted by atomic mass is 16.5. The highest BCUT2D eigenvalue weighted by molar-refractivity contribution is 5.83. The molecular formula is C18H28N2O2. The summed E-state index contributed by atoms with van der Waals surface area (Å²) in [5, 5.41) is 4.55. The Labute approximate surface area is 133 Å². The molecule has 1 heterocycles. The lowest BCUT2D eigenvalue weighted by atomic mass is 10.2. The molecule has 0 aliphatic heterocycles. The molecular weight excluding hydrogens is 276 g/mol. The number of methoxy groups -OCH3 is 1. The molecule has 0 amide bonds. The zero-order valence-electron chi connectivity index (χ0n) is 14.0. The third-order valence-corrected chi connectivity index (χ3v) is 4.05. The average molecular weight is 304 g/mol. The van der Waals surface area contributed by atoms with E-state index in [2.05, 4.69) is 36.2 Å². The van der Waals surface area contributed by atoms with Gasteiger partial charge in [-0.3, -0.25) is 0 Å². The number of fused-ring (bicyclic) bond motifs is 1. The molecule has 0 atom stereocenters. The third-order valence-electron chi connectivity index (χ3n) is 4.05. The maximum absolute atomic E-state index is 5.87. The van der Waals surface area contributed by atoms with E-state index in [1.165, 1.54) is 19.4 Å². The first-order valence-corrected chi connectivity index (χ1v) is 8.27. The topological polar surface area (TPSA) is 37.6 Å². The van der Waals surface area contributed by atoms with Crippen molar-refractivity contribution in [1.29, 1.82) is 0 Å². The molecule has 4 heteroatoms. The second-order valence-electron chi connectivity index (χ2n) is 5.50. The molecule has 4 nitrogen and oxygen atoms in total. The molecule has 0 saturated heterocycles. The summed E-state index contributed by atoms with van der Waals surface area (Å²) >= 11 is 0. The standard InChI is InChI=1S/C18H28N2O2/c1-4-20(5-2)12-7-6-11-19-14-16-13-15-9-8-10-17(21-3)18(15)22-16/h8-10,13,19H,4-7,11-12,14H2,1-3H3. The summed E-state index contributed by atoms with van der Waals surface area (Å²) in [6, 6.07) is 8.05. The Balaban J connectivity index is 1.73. The van der Waals surface area contributed by atoms with Crippen LogP contribution in [0.1, 0.15) is 32.4 Å². The molecule has 0 spiro atoms. The molecule has 0 aliphatic carbocycles. The third kappa shape index (κ3) is 4.49. The molecule has 0 radical (unpaired) electrons. The number of para-hydroxylation sites is 1. The van der Waals surface area contributed by atoms with E-state index in [9.17, 15) is 0 Å². The van der Waals surface area contributed by atoms with Gasteiger partial charge in [0.15, 0.2) is 11.3 Å². The first kappa shape index (κ1) is 16.8. The highest BCUT2D eigenvalue weighted by Crippen LogP contribution is 2.28. The summed E-state index contributed by atoms with van der Waals surface area (Å²) in [6.45, 7) is 9.71. The van der Waals surface area contributed by atoms with Crippen LogP contribution in [-0.4, -0.2) is 38.2 Å². The Kier molecular flexibility index (Phi) is 6.74. The van der Waals surface area contributed by atoms with Crippen LogP contribution in [0.2, 0.25) is 0 Å². The Morgan fingerprint density at radius 2 is 2.00 bits per heavy atom. The molecule has 0 unspecified atom stereocenters. The van der Waals surface area contributed by atoms with Crippen molar-refractivity contribution in [2.75, 3.05) is 33.3 Å². The number of benzene rings is 1. The Bertz CT molecular complexity index is 561. The lowest BCUT2D eigenvalue weighted by Crippen LogP contribution is -2.25. The van der Waals surface area contributed by atoms with E-state index in [1.54, 1.807) is 7.11 Å². The fourth-order valence-electron chi connectivity index (χ4n) is 2.67. The van der Waals surface area contributed by atoms with Gasteiger partial charge >= 0.3 is 0 Å². The Morgan fingerprint density at radius 1 is 1.18 bits per heavy atom. The maximum atomic E-state index is 5.87. The van der Waals surface area contributed by atoms with Crippen molar-refractivity contribution in [3.05, 3.63) is 30.0 Å². The van der Waals surface area contributed by atoms with Gasteiger partial charge in [0.1, 0.15) is 5.76 Å². The van der Waals surface area contributed by atoms with Crippen LogP contribution in [-0.2, 0) is 6.54 Å². The molecule has 22 heavy (non-hydrogen) atoms. The van der Waals surface area contributed by atoms with Crippen LogP contribution >= 0.6 is 0 Å². The average Bonchev–Trinajstić information content (AvgIpc) is 2.97. The van der Waals surface area contributed by atoms with Crippen LogP contribution in [0.25, 0.3) is 11.0 Å². The van der Waals surface area contributed by atoms with E-state index >= 15 is 0 Å². The Hall–Kier alpha value is -1.52. The quantitative estimate of drug-likeness (QED) is 0.680. The summed E-state index contributed by atoms with van der Waals surface area (Å²) in [5.74, 6) is 1.76. The summed E-state index contributed by atoms with van der Waals surface area (Å²) in [5.41, 5.74) is 0.836. The van der Waals surface area contributed by atoms with Crippen molar-refractivity contribution in [1.82, 2.24) is 10.2 Å². The van der Waals surface area contributed by atoms with Gasteiger partial charge < -0.3 is 19.4 Å². The van der Waals surface area contributed by atoms with Gasteiger partial charge in [0.2, 0.25) is 0 Å². The summed E-state index contributed by atoms with van der Waals surface area (Å²) < 4.78 is 11.2. The van der Waals surface area contributed by atoms with Crippen molar-refractivity contribution in [3.8, 4) is 5.75 Å². The lowest BCUT2D eigenvalue weighted by molar-refractivity contribution is 0.296. The van der Waals surface area contributed by atoms with Gasteiger partial charge in [0.25, 0.3) is 0 Å². The lowest BCUT2D eigenvalue weighted by Gasteiger charge is -2.17. The number of hydrogen-bond acceptors (Lipinski definition) is 4. The summed E-state index contributed by atoms with van der Waals surface area (Å²) in [7, 11) is 1.67. The minimum Gasteiger partial charge on any atom is -0.493 e. The van der Waals surface area contributed by atoms with Crippen molar-refractivity contribution in [2.45, 2.75) is 33.2 Å². The maximum Gasteiger partial charge on any atom is 0.176 e. The monoisotopic (exact) mass is 304 g/mol. The predicted octanol–water partition coefficient (Wildman–Crippen LogP) is 3.65. The predicted molar refractivity (Wildman–Crippen MR) is 91.5 cm³/mol.